The van der Waals surface area contributed by atoms with Crippen molar-refractivity contribution in [1.29, 1.82) is 0 Å². The molecule has 0 aromatic heterocycles. The third-order valence-electron chi connectivity index (χ3n) is 2.12. The van der Waals surface area contributed by atoms with E-state index in [1.165, 1.54) is 6.92 Å². The highest BCUT2D eigenvalue weighted by Gasteiger charge is 2.03. The lowest BCUT2D eigenvalue weighted by Gasteiger charge is -2.10. The molecule has 1 atom stereocenters. The van der Waals surface area contributed by atoms with E-state index in [2.05, 4.69) is 10.6 Å². The summed E-state index contributed by atoms with van der Waals surface area (Å²) >= 11 is 0. The summed E-state index contributed by atoms with van der Waals surface area (Å²) < 4.78 is 5.27. The number of hydrogen-bond donors (Lipinski definition) is 2. The van der Waals surface area contributed by atoms with Gasteiger partial charge in [0.25, 0.3) is 0 Å². The van der Waals surface area contributed by atoms with Gasteiger partial charge in [-0.15, -0.1) is 0 Å². The highest BCUT2D eigenvalue weighted by Crippen LogP contribution is 1.94. The monoisotopic (exact) mass is 230 g/mol. The third-order valence-corrected chi connectivity index (χ3v) is 2.12. The van der Waals surface area contributed by atoms with Gasteiger partial charge in [-0.25, -0.2) is 0 Å². The van der Waals surface area contributed by atoms with Crippen LogP contribution in [0, 0.1) is 0 Å². The normalized spacial score (nSPS) is 11.9. The van der Waals surface area contributed by atoms with Crippen LogP contribution in [-0.4, -0.2) is 37.6 Å². The second kappa shape index (κ2) is 9.15. The number of amides is 2. The number of ether oxygens (including phenoxy) is 1. The predicted octanol–water partition coefficient (Wildman–Crippen LogP) is 0.444. The first-order chi connectivity index (χ1) is 7.56. The molecule has 16 heavy (non-hydrogen) atoms. The summed E-state index contributed by atoms with van der Waals surface area (Å²) in [6.45, 7) is 6.67. The molecule has 0 rings (SSSR count). The number of rotatable bonds is 8. The van der Waals surface area contributed by atoms with Crippen LogP contribution in [-0.2, 0) is 14.3 Å². The Hall–Kier alpha value is -1.10. The van der Waals surface area contributed by atoms with E-state index in [1.807, 2.05) is 13.8 Å². The Bertz CT molecular complexity index is 219. The minimum absolute atomic E-state index is 0.0496. The molecule has 0 radical (unpaired) electrons. The summed E-state index contributed by atoms with van der Waals surface area (Å²) in [6, 6.07) is 0. The molecular weight excluding hydrogens is 208 g/mol. The van der Waals surface area contributed by atoms with Crippen molar-refractivity contribution in [2.75, 3.05) is 19.7 Å². The summed E-state index contributed by atoms with van der Waals surface area (Å²) in [5.74, 6) is -0.158. The van der Waals surface area contributed by atoms with Crippen molar-refractivity contribution in [3.05, 3.63) is 0 Å². The predicted molar refractivity (Wildman–Crippen MR) is 62.0 cm³/mol. The third kappa shape index (κ3) is 9.45. The average Bonchev–Trinajstić information content (AvgIpc) is 2.24. The molecule has 0 fully saturated rings. The van der Waals surface area contributed by atoms with E-state index in [-0.39, 0.29) is 24.5 Å². The topological polar surface area (TPSA) is 67.4 Å². The van der Waals surface area contributed by atoms with Gasteiger partial charge in [-0.1, -0.05) is 6.92 Å². The fourth-order valence-corrected chi connectivity index (χ4v) is 0.967. The van der Waals surface area contributed by atoms with Gasteiger partial charge >= 0.3 is 0 Å². The van der Waals surface area contributed by atoms with E-state index in [0.29, 0.717) is 13.1 Å². The van der Waals surface area contributed by atoms with Crippen LogP contribution in [0.5, 0.6) is 0 Å². The smallest absolute Gasteiger partial charge is 0.246 e. The summed E-state index contributed by atoms with van der Waals surface area (Å²) in [4.78, 5) is 21.8. The van der Waals surface area contributed by atoms with E-state index in [1.54, 1.807) is 0 Å². The lowest BCUT2D eigenvalue weighted by Crippen LogP contribution is -2.32. The Kier molecular flexibility index (Phi) is 8.52. The average molecular weight is 230 g/mol. The molecule has 0 aromatic rings. The second-order valence-corrected chi connectivity index (χ2v) is 3.72. The van der Waals surface area contributed by atoms with Crippen LogP contribution in [0.2, 0.25) is 0 Å². The fraction of sp³-hybridized carbons (Fsp3) is 0.818. The molecule has 0 bridgehead atoms. The van der Waals surface area contributed by atoms with Gasteiger partial charge in [0.1, 0.15) is 6.61 Å². The van der Waals surface area contributed by atoms with Gasteiger partial charge in [-0.3, -0.25) is 9.59 Å². The molecule has 0 aromatic carbocycles. The van der Waals surface area contributed by atoms with E-state index in [9.17, 15) is 9.59 Å². The lowest BCUT2D eigenvalue weighted by atomic mass is 10.3. The number of carbonyl (C=O) groups excluding carboxylic acids is 2. The molecule has 2 amide bonds. The standard InChI is InChI=1S/C11H22N2O3/c1-4-9(2)16-8-11(15)13-7-5-6-12-10(3)14/h9H,4-8H2,1-3H3,(H,12,14)(H,13,15). The second-order valence-electron chi connectivity index (χ2n) is 3.72. The molecule has 0 spiro atoms. The van der Waals surface area contributed by atoms with Crippen molar-refractivity contribution in [1.82, 2.24) is 10.6 Å². The summed E-state index contributed by atoms with van der Waals surface area (Å²) in [5, 5.41) is 5.38. The maximum absolute atomic E-state index is 11.2. The van der Waals surface area contributed by atoms with Crippen molar-refractivity contribution in [2.24, 2.45) is 0 Å². The molecule has 0 heterocycles. The maximum atomic E-state index is 11.2. The van der Waals surface area contributed by atoms with Gasteiger partial charge in [0.05, 0.1) is 6.10 Å². The molecule has 2 N–H and O–H groups in total. The molecule has 5 heteroatoms. The zero-order chi connectivity index (χ0) is 12.4. The Balaban J connectivity index is 3.33. The van der Waals surface area contributed by atoms with Gasteiger partial charge in [-0.05, 0) is 19.8 Å². The van der Waals surface area contributed by atoms with Crippen molar-refractivity contribution in [2.45, 2.75) is 39.7 Å². The first-order valence-corrected chi connectivity index (χ1v) is 5.69. The van der Waals surface area contributed by atoms with Gasteiger partial charge in [0.2, 0.25) is 11.8 Å². The first-order valence-electron chi connectivity index (χ1n) is 5.69. The molecule has 0 aliphatic heterocycles. The molecule has 1 unspecified atom stereocenters. The van der Waals surface area contributed by atoms with Gasteiger partial charge in [-0.2, -0.15) is 0 Å². The van der Waals surface area contributed by atoms with Crippen LogP contribution in [0.1, 0.15) is 33.6 Å². The van der Waals surface area contributed by atoms with E-state index >= 15 is 0 Å². The van der Waals surface area contributed by atoms with Gasteiger partial charge < -0.3 is 15.4 Å². The van der Waals surface area contributed by atoms with Crippen molar-refractivity contribution < 1.29 is 14.3 Å². The van der Waals surface area contributed by atoms with Gasteiger partial charge in [0, 0.05) is 20.0 Å². The Morgan fingerprint density at radius 1 is 1.25 bits per heavy atom. The SMILES string of the molecule is CCC(C)OCC(=O)NCCCNC(C)=O. The van der Waals surface area contributed by atoms with Gasteiger partial charge in [0.15, 0.2) is 0 Å². The minimum Gasteiger partial charge on any atom is -0.369 e. The summed E-state index contributed by atoms with van der Waals surface area (Å²) in [6.07, 6.45) is 1.75. The maximum Gasteiger partial charge on any atom is 0.246 e. The van der Waals surface area contributed by atoms with Crippen LogP contribution < -0.4 is 10.6 Å². The zero-order valence-corrected chi connectivity index (χ0v) is 10.3. The van der Waals surface area contributed by atoms with Crippen molar-refractivity contribution in [3.8, 4) is 0 Å². The molecule has 0 saturated carbocycles. The Morgan fingerprint density at radius 2 is 1.88 bits per heavy atom. The van der Waals surface area contributed by atoms with Crippen LogP contribution in [0.25, 0.3) is 0 Å². The van der Waals surface area contributed by atoms with E-state index in [4.69, 9.17) is 4.74 Å². The molecule has 94 valence electrons. The minimum atomic E-state index is -0.108. The molecule has 0 aliphatic rings. The molecule has 0 saturated heterocycles. The lowest BCUT2D eigenvalue weighted by molar-refractivity contribution is -0.127. The van der Waals surface area contributed by atoms with E-state index in [0.717, 1.165) is 12.8 Å². The van der Waals surface area contributed by atoms with Crippen molar-refractivity contribution >= 4 is 11.8 Å². The zero-order valence-electron chi connectivity index (χ0n) is 10.3. The molecular formula is C11H22N2O3. The largest absolute Gasteiger partial charge is 0.369 e. The van der Waals surface area contributed by atoms with Crippen LogP contribution in [0.3, 0.4) is 0 Å². The quantitative estimate of drug-likeness (QED) is 0.595. The first kappa shape index (κ1) is 14.9. The van der Waals surface area contributed by atoms with Crippen LogP contribution >= 0.6 is 0 Å². The number of nitrogens with one attached hydrogen (secondary N) is 2. The molecule has 5 nitrogen and oxygen atoms in total. The number of carbonyl (C=O) groups is 2. The molecule has 0 aliphatic carbocycles. The summed E-state index contributed by atoms with van der Waals surface area (Å²) in [5.41, 5.74) is 0. The highest BCUT2D eigenvalue weighted by atomic mass is 16.5. The van der Waals surface area contributed by atoms with Crippen molar-refractivity contribution in [3.63, 3.8) is 0 Å². The van der Waals surface area contributed by atoms with Crippen LogP contribution in [0.15, 0.2) is 0 Å². The van der Waals surface area contributed by atoms with Crippen LogP contribution in [0.4, 0.5) is 0 Å². The van der Waals surface area contributed by atoms with E-state index < -0.39 is 0 Å². The number of hydrogen-bond acceptors (Lipinski definition) is 3. The fourth-order valence-electron chi connectivity index (χ4n) is 0.967. The highest BCUT2D eigenvalue weighted by molar-refractivity contribution is 5.77. The Labute approximate surface area is 96.9 Å². The summed E-state index contributed by atoms with van der Waals surface area (Å²) in [7, 11) is 0. The Morgan fingerprint density at radius 3 is 2.44 bits per heavy atom.